The molecule has 0 aliphatic carbocycles. The van der Waals surface area contributed by atoms with Crippen molar-refractivity contribution in [3.63, 3.8) is 0 Å². The molecular weight excluding hydrogens is 445 g/mol. The number of halogens is 3. The topological polar surface area (TPSA) is 162 Å². The van der Waals surface area contributed by atoms with Crippen LogP contribution in [0.2, 0.25) is 0 Å². The van der Waals surface area contributed by atoms with E-state index in [9.17, 15) is 18.0 Å². The molecule has 0 atom stereocenters. The van der Waals surface area contributed by atoms with Crippen molar-refractivity contribution in [2.45, 2.75) is 6.18 Å². The summed E-state index contributed by atoms with van der Waals surface area (Å²) >= 11 is 0. The summed E-state index contributed by atoms with van der Waals surface area (Å²) in [6.45, 7) is 0.891. The van der Waals surface area contributed by atoms with Crippen molar-refractivity contribution in [2.24, 2.45) is 18.5 Å². The second-order valence-electron chi connectivity index (χ2n) is 6.82. The van der Waals surface area contributed by atoms with E-state index in [-0.39, 0.29) is 5.69 Å². The Kier molecular flexibility index (Phi) is 6.53. The highest BCUT2D eigenvalue weighted by atomic mass is 19.4. The molecule has 0 bridgehead atoms. The van der Waals surface area contributed by atoms with Gasteiger partial charge < -0.3 is 25.9 Å². The number of fused-ring (bicyclic) bond motifs is 2. The third-order valence-corrected chi connectivity index (χ3v) is 4.56. The fraction of sp³-hybridized carbons (Fsp3) is 0.200. The number of alkyl halides is 3. The van der Waals surface area contributed by atoms with Crippen LogP contribution >= 0.6 is 0 Å². The van der Waals surface area contributed by atoms with Crippen LogP contribution in [-0.4, -0.2) is 56.1 Å². The Balaban J connectivity index is 0.000000383. The van der Waals surface area contributed by atoms with Gasteiger partial charge in [0, 0.05) is 41.6 Å². The van der Waals surface area contributed by atoms with E-state index in [1.165, 1.54) is 0 Å². The molecule has 0 saturated heterocycles. The number of amides is 1. The fourth-order valence-corrected chi connectivity index (χ4v) is 3.13. The monoisotopic (exact) mass is 464 g/mol. The third kappa shape index (κ3) is 5.03. The number of nitrogens with two attached hydrogens (primary N) is 2. The zero-order chi connectivity index (χ0) is 24.3. The average molecular weight is 464 g/mol. The van der Waals surface area contributed by atoms with Crippen LogP contribution in [0.5, 0.6) is 5.75 Å². The van der Waals surface area contributed by atoms with Gasteiger partial charge in [0.25, 0.3) is 5.91 Å². The number of carboxylic acids is 1. The van der Waals surface area contributed by atoms with Gasteiger partial charge in [-0.1, -0.05) is 0 Å². The molecule has 3 heterocycles. The first-order valence-corrected chi connectivity index (χ1v) is 9.39. The van der Waals surface area contributed by atoms with Crippen LogP contribution in [0.25, 0.3) is 33.1 Å². The number of carboxylic acid groups (broad SMARTS) is 1. The highest BCUT2D eigenvalue weighted by Gasteiger charge is 2.38. The van der Waals surface area contributed by atoms with Crippen molar-refractivity contribution in [1.29, 1.82) is 0 Å². The fourth-order valence-electron chi connectivity index (χ4n) is 3.13. The Labute approximate surface area is 183 Å². The van der Waals surface area contributed by atoms with Crippen molar-refractivity contribution in [1.82, 2.24) is 19.7 Å². The number of H-pyrrole nitrogens is 1. The summed E-state index contributed by atoms with van der Waals surface area (Å²) in [6.07, 6.45) is -1.39. The number of aryl methyl sites for hydroxylation is 1. The van der Waals surface area contributed by atoms with Crippen molar-refractivity contribution in [3.8, 4) is 16.9 Å². The third-order valence-electron chi connectivity index (χ3n) is 4.56. The number of pyridine rings is 1. The number of hydrogen-bond donors (Lipinski definition) is 4. The average Bonchev–Trinajstić information content (AvgIpc) is 3.35. The lowest BCUT2D eigenvalue weighted by molar-refractivity contribution is -0.192. The van der Waals surface area contributed by atoms with Crippen LogP contribution in [-0.2, 0) is 11.8 Å². The molecule has 1 amide bonds. The number of aromatic nitrogens is 4. The molecule has 4 aromatic rings. The molecule has 0 unspecified atom stereocenters. The van der Waals surface area contributed by atoms with Gasteiger partial charge in [0.05, 0.1) is 6.20 Å². The first-order valence-electron chi connectivity index (χ1n) is 9.39. The maximum Gasteiger partial charge on any atom is 0.490 e. The number of hydrogen-bond acceptors (Lipinski definition) is 6. The predicted molar refractivity (Wildman–Crippen MR) is 113 cm³/mol. The molecule has 10 nitrogen and oxygen atoms in total. The molecule has 174 valence electrons. The minimum atomic E-state index is -5.08. The number of nitrogens with zero attached hydrogens (tertiary/aromatic N) is 3. The van der Waals surface area contributed by atoms with Gasteiger partial charge >= 0.3 is 12.1 Å². The maximum absolute atomic E-state index is 11.7. The summed E-state index contributed by atoms with van der Waals surface area (Å²) in [5.41, 5.74) is 14.5. The Morgan fingerprint density at radius 1 is 1.21 bits per heavy atom. The van der Waals surface area contributed by atoms with Gasteiger partial charge in [-0.2, -0.15) is 18.3 Å². The minimum Gasteiger partial charge on any atom is -0.492 e. The van der Waals surface area contributed by atoms with Gasteiger partial charge in [0.2, 0.25) is 0 Å². The van der Waals surface area contributed by atoms with Crippen molar-refractivity contribution >= 4 is 33.8 Å². The lowest BCUT2D eigenvalue weighted by atomic mass is 10.0. The molecule has 0 aliphatic heterocycles. The van der Waals surface area contributed by atoms with Crippen molar-refractivity contribution in [2.75, 3.05) is 13.2 Å². The Bertz CT molecular complexity index is 1330. The molecule has 0 radical (unpaired) electrons. The summed E-state index contributed by atoms with van der Waals surface area (Å²) in [6, 6.07) is 7.57. The second kappa shape index (κ2) is 9.16. The molecular formula is C20H19F3N6O4. The number of carbonyl (C=O) groups is 2. The normalized spacial score (nSPS) is 11.3. The van der Waals surface area contributed by atoms with Crippen LogP contribution in [0.1, 0.15) is 10.5 Å². The second-order valence-corrected chi connectivity index (χ2v) is 6.82. The Morgan fingerprint density at radius 2 is 1.91 bits per heavy atom. The van der Waals surface area contributed by atoms with E-state index in [1.54, 1.807) is 12.3 Å². The minimum absolute atomic E-state index is 0.185. The lowest BCUT2D eigenvalue weighted by Crippen LogP contribution is -2.21. The van der Waals surface area contributed by atoms with E-state index in [4.69, 9.17) is 26.1 Å². The number of aliphatic carboxylic acids is 1. The van der Waals surface area contributed by atoms with Gasteiger partial charge in [0.15, 0.2) is 5.65 Å². The summed E-state index contributed by atoms with van der Waals surface area (Å²) in [7, 11) is 1.97. The standard InChI is InChI=1S/C18H18N6O2.C2HF3O2/c1-24-9-14(12-6-10(26-5-4-19)2-3-16(12)24)11-7-15(17(20)25)22-18-13(11)8-21-23-18;3-2(4,5)1(6)7/h2-3,6-9H,4-5,19H2,1H3,(H2,20,25)(H,21,22,23);(H,6,7). The molecule has 0 fully saturated rings. The zero-order valence-electron chi connectivity index (χ0n) is 17.2. The maximum atomic E-state index is 11.7. The number of nitrogens with one attached hydrogen (secondary N) is 1. The molecule has 0 saturated carbocycles. The van der Waals surface area contributed by atoms with Crippen molar-refractivity contribution in [3.05, 3.63) is 42.4 Å². The summed E-state index contributed by atoms with van der Waals surface area (Å²) in [4.78, 5) is 24.8. The molecule has 33 heavy (non-hydrogen) atoms. The van der Waals surface area contributed by atoms with Gasteiger partial charge in [-0.25, -0.2) is 9.78 Å². The molecule has 1 aromatic carbocycles. The number of primary amides is 1. The van der Waals surface area contributed by atoms with E-state index in [0.717, 1.165) is 33.2 Å². The van der Waals surface area contributed by atoms with Crippen LogP contribution in [0, 0.1) is 0 Å². The summed E-state index contributed by atoms with van der Waals surface area (Å²) in [5, 5.41) is 15.8. The van der Waals surface area contributed by atoms with Crippen LogP contribution in [0.3, 0.4) is 0 Å². The van der Waals surface area contributed by atoms with Crippen LogP contribution in [0.4, 0.5) is 13.2 Å². The first kappa shape index (κ1) is 23.5. The highest BCUT2D eigenvalue weighted by Crippen LogP contribution is 2.36. The van der Waals surface area contributed by atoms with Crippen LogP contribution < -0.4 is 16.2 Å². The number of rotatable bonds is 5. The van der Waals surface area contributed by atoms with Crippen molar-refractivity contribution < 1.29 is 32.6 Å². The Morgan fingerprint density at radius 3 is 2.52 bits per heavy atom. The van der Waals surface area contributed by atoms with E-state index in [0.29, 0.717) is 18.8 Å². The van der Waals surface area contributed by atoms with E-state index < -0.39 is 18.1 Å². The molecule has 3 aromatic heterocycles. The summed E-state index contributed by atoms with van der Waals surface area (Å²) in [5.74, 6) is -2.61. The van der Waals surface area contributed by atoms with Gasteiger partial charge in [0.1, 0.15) is 18.1 Å². The SMILES string of the molecule is Cn1cc(-c2cc(C(N)=O)nc3[nH]ncc23)c2cc(OCCN)ccc21.O=C(O)C(F)(F)F. The molecule has 0 aliphatic rings. The number of benzene rings is 1. The lowest BCUT2D eigenvalue weighted by Gasteiger charge is -2.07. The molecule has 13 heteroatoms. The van der Waals surface area contributed by atoms with Crippen LogP contribution in [0.15, 0.2) is 36.7 Å². The number of ether oxygens (including phenoxy) is 1. The molecule has 6 N–H and O–H groups in total. The zero-order valence-corrected chi connectivity index (χ0v) is 17.2. The largest absolute Gasteiger partial charge is 0.492 e. The first-order chi connectivity index (χ1) is 15.5. The predicted octanol–water partition coefficient (Wildman–Crippen LogP) is 2.19. The van der Waals surface area contributed by atoms with Gasteiger partial charge in [-0.05, 0) is 29.8 Å². The van der Waals surface area contributed by atoms with E-state index >= 15 is 0 Å². The smallest absolute Gasteiger partial charge is 0.490 e. The Hall–Kier alpha value is -4.13. The van der Waals surface area contributed by atoms with E-state index in [2.05, 4.69) is 15.2 Å². The quantitative estimate of drug-likeness (QED) is 0.352. The highest BCUT2D eigenvalue weighted by molar-refractivity contribution is 6.06. The summed E-state index contributed by atoms with van der Waals surface area (Å²) < 4.78 is 39.4. The number of carbonyl (C=O) groups excluding carboxylic acids is 1. The molecule has 0 spiro atoms. The van der Waals surface area contributed by atoms with Gasteiger partial charge in [-0.15, -0.1) is 0 Å². The molecule has 4 rings (SSSR count). The van der Waals surface area contributed by atoms with Gasteiger partial charge in [-0.3, -0.25) is 9.89 Å². The number of aromatic amines is 1. The van der Waals surface area contributed by atoms with E-state index in [1.807, 2.05) is 36.0 Å².